The Labute approximate surface area is 145 Å². The van der Waals surface area contributed by atoms with E-state index in [9.17, 15) is 4.79 Å². The van der Waals surface area contributed by atoms with Gasteiger partial charge in [0, 0.05) is 17.2 Å². The van der Waals surface area contributed by atoms with Gasteiger partial charge in [0.25, 0.3) is 5.91 Å². The largest absolute Gasteiger partial charge is 0.497 e. The fraction of sp³-hybridized carbons (Fsp3) is 0.158. The predicted octanol–water partition coefficient (Wildman–Crippen LogP) is 3.29. The zero-order chi connectivity index (χ0) is 17.6. The first-order valence-electron chi connectivity index (χ1n) is 7.72. The minimum Gasteiger partial charge on any atom is -0.497 e. The lowest BCUT2D eigenvalue weighted by atomic mass is 10.1. The number of nitrogens with one attached hydrogen (secondary N) is 1. The molecule has 0 atom stereocenters. The summed E-state index contributed by atoms with van der Waals surface area (Å²) in [5.74, 6) is 1.87. The summed E-state index contributed by atoms with van der Waals surface area (Å²) in [5.41, 5.74) is 2.17. The van der Waals surface area contributed by atoms with Crippen LogP contribution in [0.4, 0.5) is 0 Å². The van der Waals surface area contributed by atoms with Gasteiger partial charge in [-0.1, -0.05) is 5.16 Å². The van der Waals surface area contributed by atoms with Gasteiger partial charge in [-0.15, -0.1) is 0 Å². The minimum atomic E-state index is -0.190. The number of hydrogen-bond donors (Lipinski definition) is 1. The second kappa shape index (κ2) is 7.53. The van der Waals surface area contributed by atoms with Crippen LogP contribution >= 0.6 is 0 Å². The molecular weight excluding hydrogens is 320 g/mol. The van der Waals surface area contributed by atoms with E-state index in [-0.39, 0.29) is 12.5 Å². The number of rotatable bonds is 6. The van der Waals surface area contributed by atoms with Crippen molar-refractivity contribution in [3.05, 3.63) is 65.9 Å². The van der Waals surface area contributed by atoms with Crippen LogP contribution in [0.1, 0.15) is 16.1 Å². The first-order valence-corrected chi connectivity index (χ1v) is 7.72. The number of aromatic nitrogens is 1. The number of carbonyl (C=O) groups is 1. The maximum Gasteiger partial charge on any atom is 0.251 e. The quantitative estimate of drug-likeness (QED) is 0.746. The minimum absolute atomic E-state index is 0.190. The van der Waals surface area contributed by atoms with Crippen molar-refractivity contribution in [2.24, 2.45) is 0 Å². The van der Waals surface area contributed by atoms with Crippen LogP contribution in [0.3, 0.4) is 0 Å². The van der Waals surface area contributed by atoms with Crippen molar-refractivity contribution in [1.82, 2.24) is 10.5 Å². The van der Waals surface area contributed by atoms with Gasteiger partial charge in [0.05, 0.1) is 20.8 Å². The Balaban J connectivity index is 1.61. The van der Waals surface area contributed by atoms with Crippen molar-refractivity contribution < 1.29 is 18.8 Å². The van der Waals surface area contributed by atoms with Crippen molar-refractivity contribution in [3.8, 4) is 22.8 Å². The highest BCUT2D eigenvalue weighted by molar-refractivity contribution is 5.94. The summed E-state index contributed by atoms with van der Waals surface area (Å²) in [4.78, 5) is 12.1. The highest BCUT2D eigenvalue weighted by Crippen LogP contribution is 2.22. The molecule has 3 rings (SSSR count). The fourth-order valence-electron chi connectivity index (χ4n) is 2.31. The first-order chi connectivity index (χ1) is 12.2. The van der Waals surface area contributed by atoms with E-state index in [4.69, 9.17) is 14.0 Å². The highest BCUT2D eigenvalue weighted by atomic mass is 16.5. The van der Waals surface area contributed by atoms with E-state index in [1.165, 1.54) is 0 Å². The molecule has 0 spiro atoms. The number of amides is 1. The Bertz CT molecular complexity index is 839. The number of methoxy groups -OCH3 is 2. The van der Waals surface area contributed by atoms with E-state index in [1.54, 1.807) is 44.6 Å². The zero-order valence-corrected chi connectivity index (χ0v) is 14.0. The van der Waals surface area contributed by atoms with Crippen LogP contribution < -0.4 is 14.8 Å². The SMILES string of the molecule is COc1ccc(C(=O)NCc2cc(-c3ccc(OC)cc3)no2)cc1. The van der Waals surface area contributed by atoms with Crippen molar-refractivity contribution in [2.45, 2.75) is 6.54 Å². The van der Waals surface area contributed by atoms with Gasteiger partial charge >= 0.3 is 0 Å². The molecule has 25 heavy (non-hydrogen) atoms. The van der Waals surface area contributed by atoms with Gasteiger partial charge in [0.1, 0.15) is 17.2 Å². The van der Waals surface area contributed by atoms with Crippen LogP contribution in [0.5, 0.6) is 11.5 Å². The summed E-state index contributed by atoms with van der Waals surface area (Å²) in [7, 11) is 3.20. The molecule has 2 aromatic carbocycles. The summed E-state index contributed by atoms with van der Waals surface area (Å²) >= 11 is 0. The number of carbonyl (C=O) groups excluding carboxylic acids is 1. The molecule has 0 aliphatic heterocycles. The molecule has 0 fully saturated rings. The lowest BCUT2D eigenvalue weighted by Gasteiger charge is -2.04. The van der Waals surface area contributed by atoms with Crippen molar-refractivity contribution in [2.75, 3.05) is 14.2 Å². The zero-order valence-electron chi connectivity index (χ0n) is 14.0. The van der Waals surface area contributed by atoms with E-state index in [0.29, 0.717) is 22.8 Å². The molecule has 1 aromatic heterocycles. The first kappa shape index (κ1) is 16.6. The second-order valence-corrected chi connectivity index (χ2v) is 5.32. The molecule has 0 saturated carbocycles. The highest BCUT2D eigenvalue weighted by Gasteiger charge is 2.10. The van der Waals surface area contributed by atoms with E-state index < -0.39 is 0 Å². The van der Waals surface area contributed by atoms with E-state index >= 15 is 0 Å². The van der Waals surface area contributed by atoms with Crippen LogP contribution in [0.15, 0.2) is 59.1 Å². The summed E-state index contributed by atoms with van der Waals surface area (Å²) in [5, 5.41) is 6.83. The Morgan fingerprint density at radius 1 is 1.00 bits per heavy atom. The summed E-state index contributed by atoms with van der Waals surface area (Å²) in [6.45, 7) is 0.258. The van der Waals surface area contributed by atoms with Gasteiger partial charge < -0.3 is 19.3 Å². The summed E-state index contributed by atoms with van der Waals surface area (Å²) in [6, 6.07) is 16.2. The Kier molecular flexibility index (Phi) is 4.99. The van der Waals surface area contributed by atoms with Crippen LogP contribution in [0.25, 0.3) is 11.3 Å². The molecule has 0 bridgehead atoms. The van der Waals surface area contributed by atoms with Gasteiger partial charge in [-0.25, -0.2) is 0 Å². The van der Waals surface area contributed by atoms with E-state index in [2.05, 4.69) is 10.5 Å². The third-order valence-electron chi connectivity index (χ3n) is 3.72. The molecular formula is C19H18N2O4. The van der Waals surface area contributed by atoms with Crippen molar-refractivity contribution >= 4 is 5.91 Å². The lowest BCUT2D eigenvalue weighted by molar-refractivity contribution is 0.0947. The monoisotopic (exact) mass is 338 g/mol. The third kappa shape index (κ3) is 3.98. The van der Waals surface area contributed by atoms with Gasteiger partial charge in [0.2, 0.25) is 0 Å². The number of benzene rings is 2. The maximum absolute atomic E-state index is 12.1. The molecule has 6 heteroatoms. The van der Waals surface area contributed by atoms with Crippen molar-refractivity contribution in [3.63, 3.8) is 0 Å². The topological polar surface area (TPSA) is 73.6 Å². The fourth-order valence-corrected chi connectivity index (χ4v) is 2.31. The molecule has 0 unspecified atom stereocenters. The number of ether oxygens (including phenoxy) is 2. The molecule has 0 aliphatic rings. The lowest BCUT2D eigenvalue weighted by Crippen LogP contribution is -2.22. The molecule has 128 valence electrons. The average molecular weight is 338 g/mol. The smallest absolute Gasteiger partial charge is 0.251 e. The molecule has 3 aromatic rings. The van der Waals surface area contributed by atoms with E-state index in [0.717, 1.165) is 11.3 Å². The number of hydrogen-bond acceptors (Lipinski definition) is 5. The summed E-state index contributed by atoms with van der Waals surface area (Å²) < 4.78 is 15.5. The van der Waals surface area contributed by atoms with Crippen LogP contribution in [0.2, 0.25) is 0 Å². The normalized spacial score (nSPS) is 10.3. The Morgan fingerprint density at radius 2 is 1.60 bits per heavy atom. The molecule has 0 saturated heterocycles. The van der Waals surface area contributed by atoms with E-state index in [1.807, 2.05) is 24.3 Å². The molecule has 1 amide bonds. The molecule has 1 N–H and O–H groups in total. The molecule has 0 aliphatic carbocycles. The molecule has 6 nitrogen and oxygen atoms in total. The standard InChI is InChI=1S/C19H18N2O4/c1-23-15-7-3-13(4-8-15)18-11-17(25-21-18)12-20-19(22)14-5-9-16(24-2)10-6-14/h3-11H,12H2,1-2H3,(H,20,22). The van der Waals surface area contributed by atoms with Gasteiger partial charge in [-0.3, -0.25) is 4.79 Å². The Hall–Kier alpha value is -3.28. The van der Waals surface area contributed by atoms with Crippen LogP contribution in [-0.2, 0) is 6.54 Å². The molecule has 1 heterocycles. The van der Waals surface area contributed by atoms with Crippen molar-refractivity contribution in [1.29, 1.82) is 0 Å². The Morgan fingerprint density at radius 3 is 2.20 bits per heavy atom. The number of nitrogens with zero attached hydrogens (tertiary/aromatic N) is 1. The average Bonchev–Trinajstić information content (AvgIpc) is 3.15. The van der Waals surface area contributed by atoms with Gasteiger partial charge in [-0.05, 0) is 48.5 Å². The van der Waals surface area contributed by atoms with Gasteiger partial charge in [0.15, 0.2) is 5.76 Å². The van der Waals surface area contributed by atoms with Gasteiger partial charge in [-0.2, -0.15) is 0 Å². The van der Waals surface area contributed by atoms with Crippen LogP contribution in [-0.4, -0.2) is 25.3 Å². The third-order valence-corrected chi connectivity index (χ3v) is 3.72. The summed E-state index contributed by atoms with van der Waals surface area (Å²) in [6.07, 6.45) is 0. The van der Waals surface area contributed by atoms with Crippen LogP contribution in [0, 0.1) is 0 Å². The predicted molar refractivity (Wildman–Crippen MR) is 92.7 cm³/mol. The second-order valence-electron chi connectivity index (χ2n) is 5.32. The maximum atomic E-state index is 12.1. The molecule has 0 radical (unpaired) electrons.